The van der Waals surface area contributed by atoms with Gasteiger partial charge in [0.2, 0.25) is 4.38 Å². The number of carboxylic acids is 1. The van der Waals surface area contributed by atoms with Crippen molar-refractivity contribution in [2.75, 3.05) is 26.6 Å². The minimum absolute atomic E-state index is 0. The molecule has 0 unspecified atom stereocenters. The third kappa shape index (κ3) is 12.7. The van der Waals surface area contributed by atoms with Gasteiger partial charge in [-0.15, -0.1) is 0 Å². The van der Waals surface area contributed by atoms with Gasteiger partial charge in [0, 0.05) is 0 Å². The topological polar surface area (TPSA) is 49.8 Å². The van der Waals surface area contributed by atoms with E-state index in [4.69, 9.17) is 22.1 Å². The summed E-state index contributed by atoms with van der Waals surface area (Å²) in [6.07, 6.45) is 0. The van der Waals surface area contributed by atoms with Crippen molar-refractivity contribution in [3.8, 4) is 0 Å². The van der Waals surface area contributed by atoms with Crippen molar-refractivity contribution < 1.29 is 44.2 Å². The van der Waals surface area contributed by atoms with Crippen LogP contribution in [0.4, 0.5) is 0 Å². The zero-order chi connectivity index (χ0) is 9.56. The normalized spacial score (nSPS) is 9.15. The zero-order valence-electron chi connectivity index (χ0n) is 7.94. The molecular weight excluding hydrogens is 221 g/mol. The first-order chi connectivity index (χ1) is 5.52. The van der Waals surface area contributed by atoms with Crippen molar-refractivity contribution >= 4 is 34.3 Å². The van der Waals surface area contributed by atoms with Gasteiger partial charge < -0.3 is 9.84 Å². The van der Waals surface area contributed by atoms with Crippen LogP contribution in [0, 0.1) is 0 Å². The van der Waals surface area contributed by atoms with E-state index in [1.165, 1.54) is 0 Å². The molecule has 4 nitrogen and oxygen atoms in total. The molecular formula is C6H11NNaO3S2+. The molecule has 0 aromatic carbocycles. The first-order valence-electron chi connectivity index (χ1n) is 3.18. The van der Waals surface area contributed by atoms with Gasteiger partial charge in [-0.2, -0.15) is 0 Å². The number of ether oxygens (including phenoxy) is 1. The Balaban J connectivity index is 0. The minimum atomic E-state index is -0.893. The van der Waals surface area contributed by atoms with Crippen LogP contribution >= 0.6 is 24.0 Å². The first-order valence-corrected chi connectivity index (χ1v) is 4.58. The minimum Gasteiger partial charge on any atom is -0.481 e. The van der Waals surface area contributed by atoms with Crippen molar-refractivity contribution in [3.63, 3.8) is 0 Å². The fraction of sp³-hybridized carbons (Fsp3) is 0.667. The Kier molecular flexibility index (Phi) is 11.4. The van der Waals surface area contributed by atoms with Crippen LogP contribution in [0.1, 0.15) is 0 Å². The fourth-order valence-electron chi connectivity index (χ4n) is 0.344. The smallest absolute Gasteiger partial charge is 0.481 e. The van der Waals surface area contributed by atoms with Crippen molar-refractivity contribution in [2.24, 2.45) is 0 Å². The molecule has 13 heavy (non-hydrogen) atoms. The van der Waals surface area contributed by atoms with Crippen LogP contribution < -0.4 is 29.6 Å². The van der Waals surface area contributed by atoms with Crippen molar-refractivity contribution in [2.45, 2.75) is 0 Å². The van der Waals surface area contributed by atoms with Gasteiger partial charge >= 0.3 is 35.5 Å². The summed E-state index contributed by atoms with van der Waals surface area (Å²) in [5.74, 6) is -0.942. The summed E-state index contributed by atoms with van der Waals surface area (Å²) in [5.41, 5.74) is 0. The molecule has 0 bridgehead atoms. The van der Waals surface area contributed by atoms with Gasteiger partial charge in [-0.3, -0.25) is 9.69 Å². The molecule has 1 N–H and O–H groups in total. The summed E-state index contributed by atoms with van der Waals surface area (Å²) < 4.78 is 5.28. The summed E-state index contributed by atoms with van der Waals surface area (Å²) in [7, 11) is 3.68. The number of hydrogen-bond acceptors (Lipinski definition) is 5. The van der Waals surface area contributed by atoms with E-state index >= 15 is 0 Å². The molecule has 0 aliphatic heterocycles. The van der Waals surface area contributed by atoms with Crippen LogP contribution in [0.5, 0.6) is 0 Å². The SMILES string of the molecule is CN(C)COC(=S)SCC(=O)O.[Na+]. The zero-order valence-corrected chi connectivity index (χ0v) is 11.6. The molecule has 0 spiro atoms. The number of carbonyl (C=O) groups is 1. The molecule has 0 aliphatic carbocycles. The third-order valence-corrected chi connectivity index (χ3v) is 1.97. The van der Waals surface area contributed by atoms with Gasteiger partial charge in [0.15, 0.2) is 0 Å². The second-order valence-electron chi connectivity index (χ2n) is 2.29. The van der Waals surface area contributed by atoms with E-state index in [-0.39, 0.29) is 39.7 Å². The molecule has 0 heterocycles. The number of rotatable bonds is 4. The second kappa shape index (κ2) is 9.23. The van der Waals surface area contributed by atoms with Gasteiger partial charge in [0.1, 0.15) is 6.73 Å². The maximum Gasteiger partial charge on any atom is 1.00 e. The van der Waals surface area contributed by atoms with E-state index in [0.717, 1.165) is 11.8 Å². The van der Waals surface area contributed by atoms with Crippen LogP contribution in [-0.2, 0) is 9.53 Å². The van der Waals surface area contributed by atoms with Crippen LogP contribution in [0.25, 0.3) is 0 Å². The summed E-state index contributed by atoms with van der Waals surface area (Å²) in [6.45, 7) is 0.380. The van der Waals surface area contributed by atoms with E-state index in [0.29, 0.717) is 6.73 Å². The number of thiocarbonyl (C=S) groups is 1. The molecule has 7 heteroatoms. The molecule has 0 aromatic rings. The quantitative estimate of drug-likeness (QED) is 0.332. The predicted octanol–water partition coefficient (Wildman–Crippen LogP) is -2.37. The number of hydrogen-bond donors (Lipinski definition) is 1. The van der Waals surface area contributed by atoms with Crippen LogP contribution in [0.3, 0.4) is 0 Å². The van der Waals surface area contributed by atoms with Crippen LogP contribution in [-0.4, -0.2) is 46.9 Å². The fourth-order valence-corrected chi connectivity index (χ4v) is 0.951. The van der Waals surface area contributed by atoms with Gasteiger partial charge in [-0.1, -0.05) is 11.8 Å². The summed E-state index contributed by atoms with van der Waals surface area (Å²) in [4.78, 5) is 11.9. The average Bonchev–Trinajstić information content (AvgIpc) is 1.96. The second-order valence-corrected chi connectivity index (χ2v) is 3.86. The van der Waals surface area contributed by atoms with E-state index in [9.17, 15) is 4.79 Å². The maximum atomic E-state index is 10.1. The Morgan fingerprint density at radius 3 is 2.54 bits per heavy atom. The van der Waals surface area contributed by atoms with Gasteiger partial charge in [0.25, 0.3) is 0 Å². The Bertz CT molecular complexity index is 177. The molecule has 0 amide bonds. The molecule has 0 saturated heterocycles. The van der Waals surface area contributed by atoms with Crippen molar-refractivity contribution in [3.05, 3.63) is 0 Å². The Morgan fingerprint density at radius 1 is 1.62 bits per heavy atom. The number of thioether (sulfide) groups is 1. The predicted molar refractivity (Wildman–Crippen MR) is 52.3 cm³/mol. The summed E-state index contributed by atoms with van der Waals surface area (Å²) in [6, 6.07) is 0. The molecule has 0 rings (SSSR count). The standard InChI is InChI=1S/C6H11NO3S2.Na/c1-7(2)4-10-6(11)12-3-5(8)9;/h3-4H2,1-2H3,(H,8,9);/q;+1. The van der Waals surface area contributed by atoms with Gasteiger partial charge in [-0.05, 0) is 26.3 Å². The van der Waals surface area contributed by atoms with Crippen LogP contribution in [0.2, 0.25) is 0 Å². The van der Waals surface area contributed by atoms with Gasteiger partial charge in [-0.25, -0.2) is 0 Å². The Labute approximate surface area is 109 Å². The monoisotopic (exact) mass is 232 g/mol. The largest absolute Gasteiger partial charge is 1.00 e. The van der Waals surface area contributed by atoms with Crippen molar-refractivity contribution in [1.82, 2.24) is 4.90 Å². The summed E-state index contributed by atoms with van der Waals surface area (Å²) in [5, 5.41) is 8.29. The molecule has 0 radical (unpaired) electrons. The molecule has 0 atom stereocenters. The maximum absolute atomic E-state index is 10.1. The molecule has 0 saturated carbocycles. The van der Waals surface area contributed by atoms with E-state index in [1.54, 1.807) is 4.90 Å². The average molecular weight is 232 g/mol. The number of aliphatic carboxylic acids is 1. The molecule has 70 valence electrons. The Hall–Kier alpha value is 0.670. The van der Waals surface area contributed by atoms with E-state index in [1.807, 2.05) is 14.1 Å². The van der Waals surface area contributed by atoms with E-state index < -0.39 is 5.97 Å². The first kappa shape index (κ1) is 16.1. The van der Waals surface area contributed by atoms with Gasteiger partial charge in [0.05, 0.1) is 5.75 Å². The molecule has 0 aliphatic rings. The molecule has 0 fully saturated rings. The van der Waals surface area contributed by atoms with Crippen molar-refractivity contribution in [1.29, 1.82) is 0 Å². The van der Waals surface area contributed by atoms with Crippen LogP contribution in [0.15, 0.2) is 0 Å². The third-order valence-electron chi connectivity index (χ3n) is 0.754. The Morgan fingerprint density at radius 2 is 2.15 bits per heavy atom. The summed E-state index contributed by atoms with van der Waals surface area (Å²) >= 11 is 5.75. The van der Waals surface area contributed by atoms with E-state index in [2.05, 4.69) is 0 Å². The molecule has 0 aromatic heterocycles. The number of carboxylic acid groups (broad SMARTS) is 1. The number of nitrogens with zero attached hydrogens (tertiary/aromatic N) is 1.